The lowest BCUT2D eigenvalue weighted by atomic mass is 10.1. The molecule has 0 aliphatic carbocycles. The van der Waals surface area contributed by atoms with Crippen LogP contribution in [-0.2, 0) is 13.2 Å². The number of nitrogens with one attached hydrogen (secondary N) is 1. The second kappa shape index (κ2) is 10.7. The summed E-state index contributed by atoms with van der Waals surface area (Å²) >= 11 is 0. The van der Waals surface area contributed by atoms with Crippen molar-refractivity contribution >= 4 is 16.8 Å². The third kappa shape index (κ3) is 5.55. The van der Waals surface area contributed by atoms with E-state index >= 15 is 0 Å². The maximum Gasteiger partial charge on any atom is 0.251 e. The molecular formula is C28H30N2O3. The zero-order valence-corrected chi connectivity index (χ0v) is 19.2. The highest BCUT2D eigenvalue weighted by atomic mass is 16.5. The van der Waals surface area contributed by atoms with Crippen LogP contribution in [0.3, 0.4) is 0 Å². The van der Waals surface area contributed by atoms with Crippen LogP contribution in [0.4, 0.5) is 0 Å². The third-order valence-electron chi connectivity index (χ3n) is 5.69. The minimum atomic E-state index is -0.0321. The van der Waals surface area contributed by atoms with Crippen LogP contribution in [-0.4, -0.2) is 24.1 Å². The van der Waals surface area contributed by atoms with Crippen molar-refractivity contribution in [1.29, 1.82) is 0 Å². The zero-order chi connectivity index (χ0) is 23.0. The lowest BCUT2D eigenvalue weighted by molar-refractivity contribution is 0.0953. The number of unbranched alkanes of at least 4 members (excludes halogenated alkanes) is 1. The van der Waals surface area contributed by atoms with Gasteiger partial charge in [-0.05, 0) is 60.5 Å². The fourth-order valence-electron chi connectivity index (χ4n) is 3.84. The monoisotopic (exact) mass is 442 g/mol. The molecule has 5 nitrogen and oxygen atoms in total. The molecule has 1 aromatic heterocycles. The maximum atomic E-state index is 12.6. The summed E-state index contributed by atoms with van der Waals surface area (Å²) in [5.41, 5.74) is 3.96. The number of carbonyl (C=O) groups excluding carboxylic acids is 1. The predicted molar refractivity (Wildman–Crippen MR) is 132 cm³/mol. The normalized spacial score (nSPS) is 10.8. The van der Waals surface area contributed by atoms with Gasteiger partial charge in [0.05, 0.1) is 12.8 Å². The van der Waals surface area contributed by atoms with E-state index < -0.39 is 0 Å². The summed E-state index contributed by atoms with van der Waals surface area (Å²) < 4.78 is 13.6. The standard InChI is InChI=1S/C28H30N2O3/c1-3-4-16-29-28(31)22-12-15-27-23(17-22)18-24(20-33-26-8-6-5-7-9-26)30(27)19-21-10-13-25(32-2)14-11-21/h5-15,17-18H,3-4,16,19-20H2,1-2H3,(H,29,31). The lowest BCUT2D eigenvalue weighted by Crippen LogP contribution is -2.24. The van der Waals surface area contributed by atoms with Gasteiger partial charge in [-0.3, -0.25) is 4.79 Å². The Morgan fingerprint density at radius 3 is 2.45 bits per heavy atom. The number of aromatic nitrogens is 1. The molecule has 0 unspecified atom stereocenters. The van der Waals surface area contributed by atoms with E-state index in [4.69, 9.17) is 9.47 Å². The molecule has 0 bridgehead atoms. The second-order valence-electron chi connectivity index (χ2n) is 8.05. The Morgan fingerprint density at radius 2 is 1.73 bits per heavy atom. The number of amides is 1. The Hall–Kier alpha value is -3.73. The number of methoxy groups -OCH3 is 1. The molecule has 0 aliphatic rings. The number of para-hydroxylation sites is 1. The third-order valence-corrected chi connectivity index (χ3v) is 5.69. The summed E-state index contributed by atoms with van der Waals surface area (Å²) in [5, 5.41) is 4.03. The van der Waals surface area contributed by atoms with Crippen molar-refractivity contribution < 1.29 is 14.3 Å². The molecule has 3 aromatic carbocycles. The topological polar surface area (TPSA) is 52.5 Å². The first-order valence-electron chi connectivity index (χ1n) is 11.4. The van der Waals surface area contributed by atoms with Crippen molar-refractivity contribution in [2.45, 2.75) is 32.9 Å². The molecular weight excluding hydrogens is 412 g/mol. The average Bonchev–Trinajstić information content (AvgIpc) is 3.20. The first kappa shape index (κ1) is 22.5. The molecule has 0 aliphatic heterocycles. The molecule has 5 heteroatoms. The summed E-state index contributed by atoms with van der Waals surface area (Å²) in [7, 11) is 1.67. The molecule has 1 heterocycles. The van der Waals surface area contributed by atoms with Crippen LogP contribution in [0.5, 0.6) is 11.5 Å². The molecule has 1 amide bonds. The van der Waals surface area contributed by atoms with E-state index in [1.165, 1.54) is 0 Å². The lowest BCUT2D eigenvalue weighted by Gasteiger charge is -2.13. The summed E-state index contributed by atoms with van der Waals surface area (Å²) in [6.07, 6.45) is 2.03. The van der Waals surface area contributed by atoms with E-state index in [0.717, 1.165) is 46.5 Å². The van der Waals surface area contributed by atoms with E-state index in [-0.39, 0.29) is 5.91 Å². The van der Waals surface area contributed by atoms with E-state index in [2.05, 4.69) is 35.0 Å². The van der Waals surface area contributed by atoms with Gasteiger partial charge in [-0.15, -0.1) is 0 Å². The second-order valence-corrected chi connectivity index (χ2v) is 8.05. The number of ether oxygens (including phenoxy) is 2. The van der Waals surface area contributed by atoms with Crippen LogP contribution in [0, 0.1) is 0 Å². The van der Waals surface area contributed by atoms with Crippen LogP contribution in [0.2, 0.25) is 0 Å². The number of rotatable bonds is 10. The predicted octanol–water partition coefficient (Wildman–Crippen LogP) is 5.81. The first-order chi connectivity index (χ1) is 16.2. The number of carbonyl (C=O) groups is 1. The smallest absolute Gasteiger partial charge is 0.251 e. The van der Waals surface area contributed by atoms with Gasteiger partial charge in [-0.25, -0.2) is 0 Å². The number of benzene rings is 3. The summed E-state index contributed by atoms with van der Waals surface area (Å²) in [4.78, 5) is 12.6. The Bertz CT molecular complexity index is 1200. The van der Waals surface area contributed by atoms with Gasteiger partial charge < -0.3 is 19.4 Å². The van der Waals surface area contributed by atoms with Crippen molar-refractivity contribution in [2.24, 2.45) is 0 Å². The van der Waals surface area contributed by atoms with Gasteiger partial charge in [-0.1, -0.05) is 43.7 Å². The minimum absolute atomic E-state index is 0.0321. The van der Waals surface area contributed by atoms with Crippen molar-refractivity contribution in [3.63, 3.8) is 0 Å². The number of hydrogen-bond acceptors (Lipinski definition) is 3. The average molecular weight is 443 g/mol. The Balaban J connectivity index is 1.64. The molecule has 33 heavy (non-hydrogen) atoms. The molecule has 0 saturated heterocycles. The van der Waals surface area contributed by atoms with Crippen molar-refractivity contribution in [3.05, 3.63) is 95.7 Å². The molecule has 1 N–H and O–H groups in total. The minimum Gasteiger partial charge on any atom is -0.497 e. The van der Waals surface area contributed by atoms with Gasteiger partial charge in [0.15, 0.2) is 0 Å². The van der Waals surface area contributed by atoms with Gasteiger partial charge in [0.25, 0.3) is 5.91 Å². The highest BCUT2D eigenvalue weighted by Gasteiger charge is 2.13. The Morgan fingerprint density at radius 1 is 0.939 bits per heavy atom. The molecule has 0 fully saturated rings. The van der Waals surface area contributed by atoms with Gasteiger partial charge >= 0.3 is 0 Å². The molecule has 0 spiro atoms. The van der Waals surface area contributed by atoms with Crippen LogP contribution >= 0.6 is 0 Å². The van der Waals surface area contributed by atoms with Crippen molar-refractivity contribution in [1.82, 2.24) is 9.88 Å². The first-order valence-corrected chi connectivity index (χ1v) is 11.4. The Kier molecular flexibility index (Phi) is 7.30. The molecule has 170 valence electrons. The van der Waals surface area contributed by atoms with Crippen molar-refractivity contribution in [3.8, 4) is 11.5 Å². The van der Waals surface area contributed by atoms with E-state index in [1.807, 2.05) is 60.7 Å². The van der Waals surface area contributed by atoms with Crippen molar-refractivity contribution in [2.75, 3.05) is 13.7 Å². The molecule has 0 saturated carbocycles. The van der Waals surface area contributed by atoms with Gasteiger partial charge in [-0.2, -0.15) is 0 Å². The SMILES string of the molecule is CCCCNC(=O)c1ccc2c(c1)cc(COc1ccccc1)n2Cc1ccc(OC)cc1. The number of nitrogens with zero attached hydrogens (tertiary/aromatic N) is 1. The Labute approximate surface area is 195 Å². The summed E-state index contributed by atoms with van der Waals surface area (Å²) in [6, 6.07) is 25.9. The molecule has 0 radical (unpaired) electrons. The number of hydrogen-bond donors (Lipinski definition) is 1. The highest BCUT2D eigenvalue weighted by Crippen LogP contribution is 2.25. The van der Waals surface area contributed by atoms with Gasteiger partial charge in [0, 0.05) is 29.6 Å². The maximum absolute atomic E-state index is 12.6. The highest BCUT2D eigenvalue weighted by molar-refractivity contribution is 5.98. The van der Waals surface area contributed by atoms with Gasteiger partial charge in [0.1, 0.15) is 18.1 Å². The molecule has 4 aromatic rings. The summed E-state index contributed by atoms with van der Waals surface area (Å²) in [5.74, 6) is 1.63. The zero-order valence-electron chi connectivity index (χ0n) is 19.2. The van der Waals surface area contributed by atoms with E-state index in [9.17, 15) is 4.79 Å². The molecule has 0 atom stereocenters. The van der Waals surface area contributed by atoms with Crippen LogP contribution in [0.25, 0.3) is 10.9 Å². The van der Waals surface area contributed by atoms with Crippen LogP contribution in [0.1, 0.15) is 41.4 Å². The largest absolute Gasteiger partial charge is 0.497 e. The fraction of sp³-hybridized carbons (Fsp3) is 0.250. The van der Waals surface area contributed by atoms with Crippen LogP contribution < -0.4 is 14.8 Å². The van der Waals surface area contributed by atoms with E-state index in [0.29, 0.717) is 25.3 Å². The fourth-order valence-corrected chi connectivity index (χ4v) is 3.84. The quantitative estimate of drug-likeness (QED) is 0.316. The summed E-state index contributed by atoms with van der Waals surface area (Å²) in [6.45, 7) is 3.95. The van der Waals surface area contributed by atoms with Crippen LogP contribution in [0.15, 0.2) is 78.9 Å². The van der Waals surface area contributed by atoms with Gasteiger partial charge in [0.2, 0.25) is 0 Å². The van der Waals surface area contributed by atoms with E-state index in [1.54, 1.807) is 7.11 Å². The number of fused-ring (bicyclic) bond motifs is 1. The molecule has 4 rings (SSSR count).